The summed E-state index contributed by atoms with van der Waals surface area (Å²) in [4.78, 5) is 5.17. The Labute approximate surface area is 122 Å². The quantitative estimate of drug-likeness (QED) is 0.756. The molecule has 0 fully saturated rings. The summed E-state index contributed by atoms with van der Waals surface area (Å²) < 4.78 is 37.7. The summed E-state index contributed by atoms with van der Waals surface area (Å²) in [7, 11) is 0. The molecular formula is C14H10F3N3S. The van der Waals surface area contributed by atoms with E-state index in [1.165, 1.54) is 0 Å². The molecule has 3 nitrogen and oxygen atoms in total. The Bertz CT molecular complexity index is 774. The van der Waals surface area contributed by atoms with E-state index in [2.05, 4.69) is 10.1 Å². The van der Waals surface area contributed by atoms with Crippen LogP contribution < -0.4 is 0 Å². The molecule has 3 aromatic rings. The lowest BCUT2D eigenvalue weighted by Gasteiger charge is -2.02. The molecule has 0 spiro atoms. The highest BCUT2D eigenvalue weighted by Gasteiger charge is 2.33. The normalized spacial score (nSPS) is 11.8. The van der Waals surface area contributed by atoms with Gasteiger partial charge in [-0.1, -0.05) is 0 Å². The van der Waals surface area contributed by atoms with Gasteiger partial charge in [-0.15, -0.1) is 11.3 Å². The second-order valence-electron chi connectivity index (χ2n) is 4.53. The minimum atomic E-state index is -4.44. The van der Waals surface area contributed by atoms with Gasteiger partial charge in [-0.3, -0.25) is 10.1 Å². The molecule has 1 N–H and O–H groups in total. The van der Waals surface area contributed by atoms with Crippen molar-refractivity contribution in [1.82, 2.24) is 15.2 Å². The number of aryl methyl sites for hydroxylation is 1. The van der Waals surface area contributed by atoms with E-state index in [1.807, 2.05) is 29.5 Å². The van der Waals surface area contributed by atoms with Gasteiger partial charge >= 0.3 is 6.18 Å². The molecule has 0 aromatic carbocycles. The van der Waals surface area contributed by atoms with Crippen LogP contribution in [-0.4, -0.2) is 15.2 Å². The van der Waals surface area contributed by atoms with Crippen LogP contribution in [0.1, 0.15) is 11.3 Å². The van der Waals surface area contributed by atoms with Crippen LogP contribution in [0.25, 0.3) is 21.8 Å². The first-order valence-corrected chi connectivity index (χ1v) is 6.96. The second-order valence-corrected chi connectivity index (χ2v) is 5.44. The lowest BCUT2D eigenvalue weighted by molar-refractivity contribution is -0.141. The van der Waals surface area contributed by atoms with Crippen molar-refractivity contribution in [1.29, 1.82) is 0 Å². The van der Waals surface area contributed by atoms with Crippen molar-refractivity contribution >= 4 is 11.3 Å². The number of H-pyrrole nitrogens is 1. The molecule has 0 saturated carbocycles. The molecule has 0 saturated heterocycles. The first kappa shape index (κ1) is 13.8. The zero-order chi connectivity index (χ0) is 15.0. The molecule has 7 heteroatoms. The Morgan fingerprint density at radius 2 is 1.95 bits per heavy atom. The molecule has 0 aliphatic rings. The van der Waals surface area contributed by atoms with Crippen LogP contribution in [0.2, 0.25) is 0 Å². The van der Waals surface area contributed by atoms with E-state index in [1.54, 1.807) is 23.6 Å². The van der Waals surface area contributed by atoms with Crippen molar-refractivity contribution in [2.45, 2.75) is 13.1 Å². The largest absolute Gasteiger partial charge is 0.432 e. The van der Waals surface area contributed by atoms with Crippen LogP contribution in [0.5, 0.6) is 0 Å². The fourth-order valence-electron chi connectivity index (χ4n) is 1.98. The number of nitrogens with zero attached hydrogens (tertiary/aromatic N) is 2. The van der Waals surface area contributed by atoms with E-state index in [9.17, 15) is 13.2 Å². The molecule has 0 bridgehead atoms. The van der Waals surface area contributed by atoms with Gasteiger partial charge in [0.15, 0.2) is 0 Å². The molecule has 3 rings (SSSR count). The number of nitrogens with one attached hydrogen (secondary N) is 1. The zero-order valence-electron chi connectivity index (χ0n) is 10.9. The summed E-state index contributed by atoms with van der Waals surface area (Å²) in [5.74, 6) is 0. The maximum atomic E-state index is 12.6. The molecule has 0 aliphatic heterocycles. The van der Waals surface area contributed by atoms with Crippen molar-refractivity contribution < 1.29 is 13.2 Å². The monoisotopic (exact) mass is 309 g/mol. The van der Waals surface area contributed by atoms with E-state index in [-0.39, 0.29) is 5.69 Å². The van der Waals surface area contributed by atoms with Crippen molar-refractivity contribution in [3.63, 3.8) is 0 Å². The maximum Gasteiger partial charge on any atom is 0.432 e. The fraction of sp³-hybridized carbons (Fsp3) is 0.143. The van der Waals surface area contributed by atoms with Crippen LogP contribution in [0.3, 0.4) is 0 Å². The standard InChI is InChI=1S/C14H10F3N3S/c1-8-3-5-21-13(8)9-2-4-18-10(6-9)11-7-12(20-19-11)14(15,16)17/h2-7H,1H3,(H,19,20). The number of aromatic amines is 1. The molecule has 108 valence electrons. The molecular weight excluding hydrogens is 299 g/mol. The summed E-state index contributed by atoms with van der Waals surface area (Å²) in [6, 6.07) is 6.54. The van der Waals surface area contributed by atoms with E-state index in [0.717, 1.165) is 22.1 Å². The Morgan fingerprint density at radius 1 is 1.14 bits per heavy atom. The van der Waals surface area contributed by atoms with Gasteiger partial charge in [0.05, 0.1) is 5.69 Å². The highest BCUT2D eigenvalue weighted by molar-refractivity contribution is 7.13. The summed E-state index contributed by atoms with van der Waals surface area (Å²) in [6.07, 6.45) is -2.86. The Hall–Kier alpha value is -2.15. The summed E-state index contributed by atoms with van der Waals surface area (Å²) in [6.45, 7) is 1.99. The van der Waals surface area contributed by atoms with Crippen LogP contribution >= 0.6 is 11.3 Å². The predicted molar refractivity (Wildman–Crippen MR) is 74.9 cm³/mol. The average Bonchev–Trinajstić information content (AvgIpc) is 3.06. The summed E-state index contributed by atoms with van der Waals surface area (Å²) >= 11 is 1.58. The predicted octanol–water partition coefficient (Wildman–Crippen LogP) is 4.53. The topological polar surface area (TPSA) is 41.6 Å². The van der Waals surface area contributed by atoms with Crippen molar-refractivity contribution in [2.24, 2.45) is 0 Å². The Balaban J connectivity index is 2.01. The summed E-state index contributed by atoms with van der Waals surface area (Å²) in [5, 5.41) is 7.66. The third kappa shape index (κ3) is 2.69. The maximum absolute atomic E-state index is 12.6. The minimum absolute atomic E-state index is 0.179. The highest BCUT2D eigenvalue weighted by Crippen LogP contribution is 2.32. The lowest BCUT2D eigenvalue weighted by Crippen LogP contribution is -2.04. The van der Waals surface area contributed by atoms with Crippen molar-refractivity contribution in [3.05, 3.63) is 47.1 Å². The smallest absolute Gasteiger partial charge is 0.273 e. The van der Waals surface area contributed by atoms with Crippen LogP contribution in [0.15, 0.2) is 35.8 Å². The molecule has 0 radical (unpaired) electrons. The second kappa shape index (κ2) is 5.00. The Morgan fingerprint density at radius 3 is 2.57 bits per heavy atom. The highest BCUT2D eigenvalue weighted by atomic mass is 32.1. The first-order valence-electron chi connectivity index (χ1n) is 6.08. The van der Waals surface area contributed by atoms with Crippen LogP contribution in [-0.2, 0) is 6.18 Å². The lowest BCUT2D eigenvalue weighted by atomic mass is 10.1. The van der Waals surface area contributed by atoms with Gasteiger partial charge < -0.3 is 0 Å². The third-order valence-corrected chi connectivity index (χ3v) is 4.10. The number of thiophene rings is 1. The number of hydrogen-bond donors (Lipinski definition) is 1. The van der Waals surface area contributed by atoms with Crippen molar-refractivity contribution in [3.8, 4) is 21.8 Å². The number of rotatable bonds is 2. The van der Waals surface area contributed by atoms with Gasteiger partial charge in [0.25, 0.3) is 0 Å². The van der Waals surface area contributed by atoms with E-state index in [0.29, 0.717) is 5.69 Å². The SMILES string of the molecule is Cc1ccsc1-c1ccnc(-c2cc(C(F)(F)F)[nH]n2)c1. The first-order chi connectivity index (χ1) is 9.95. The molecule has 3 aromatic heterocycles. The number of hydrogen-bond acceptors (Lipinski definition) is 3. The van der Waals surface area contributed by atoms with Gasteiger partial charge in [-0.05, 0) is 47.7 Å². The number of pyridine rings is 1. The third-order valence-electron chi connectivity index (χ3n) is 3.03. The molecule has 0 unspecified atom stereocenters. The molecule has 0 aliphatic carbocycles. The van der Waals surface area contributed by atoms with Crippen LogP contribution in [0, 0.1) is 6.92 Å². The molecule has 21 heavy (non-hydrogen) atoms. The number of alkyl halides is 3. The Kier molecular flexibility index (Phi) is 3.29. The zero-order valence-corrected chi connectivity index (χ0v) is 11.7. The van der Waals surface area contributed by atoms with E-state index < -0.39 is 11.9 Å². The van der Waals surface area contributed by atoms with E-state index in [4.69, 9.17) is 0 Å². The molecule has 3 heterocycles. The number of aromatic nitrogens is 3. The van der Waals surface area contributed by atoms with Gasteiger partial charge in [0, 0.05) is 11.1 Å². The van der Waals surface area contributed by atoms with Crippen LogP contribution in [0.4, 0.5) is 13.2 Å². The molecule has 0 atom stereocenters. The van der Waals surface area contributed by atoms with Gasteiger partial charge in [-0.2, -0.15) is 18.3 Å². The van der Waals surface area contributed by atoms with Gasteiger partial charge in [0.2, 0.25) is 0 Å². The average molecular weight is 309 g/mol. The van der Waals surface area contributed by atoms with Gasteiger partial charge in [0.1, 0.15) is 11.4 Å². The number of halogens is 3. The van der Waals surface area contributed by atoms with Gasteiger partial charge in [-0.25, -0.2) is 0 Å². The molecule has 0 amide bonds. The van der Waals surface area contributed by atoms with E-state index >= 15 is 0 Å². The fourth-order valence-corrected chi connectivity index (χ4v) is 2.90. The van der Waals surface area contributed by atoms with Crippen molar-refractivity contribution in [2.75, 3.05) is 0 Å². The minimum Gasteiger partial charge on any atom is -0.273 e. The summed E-state index contributed by atoms with van der Waals surface area (Å²) in [5.41, 5.74) is 1.75.